The van der Waals surface area contributed by atoms with E-state index in [2.05, 4.69) is 0 Å². The molecule has 0 N–H and O–H groups in total. The fraction of sp³-hybridized carbons (Fsp3) is 0.0909. The predicted octanol–water partition coefficient (Wildman–Crippen LogP) is 2.92. The Morgan fingerprint density at radius 3 is 2.79 bits per heavy atom. The maximum absolute atomic E-state index is 11.1. The number of carbonyl (C=O) groups excluding carboxylic acids is 2. The molecule has 0 amide bonds. The minimum absolute atomic E-state index is 0.0470. The Morgan fingerprint density at radius 1 is 1.36 bits per heavy atom. The largest absolute Gasteiger partial charge is 0.297 e. The summed E-state index contributed by atoms with van der Waals surface area (Å²) in [6.07, 6.45) is 0.831. The van der Waals surface area contributed by atoms with Crippen LogP contribution in [0.2, 0.25) is 0 Å². The second kappa shape index (κ2) is 3.35. The van der Waals surface area contributed by atoms with Gasteiger partial charge in [0.1, 0.15) is 0 Å². The van der Waals surface area contributed by atoms with Gasteiger partial charge < -0.3 is 0 Å². The molecular weight excluding hydrogens is 196 g/mol. The van der Waals surface area contributed by atoms with E-state index in [1.165, 1.54) is 18.3 Å². The zero-order chi connectivity index (χ0) is 10.1. The molecule has 3 heteroatoms. The molecule has 14 heavy (non-hydrogen) atoms. The standard InChI is InChI=1S/C11H8O2S/c1-7(13)8-2-3-11-9(4-8)5-10(6-12)14-11/h2-6H,1H3. The van der Waals surface area contributed by atoms with Gasteiger partial charge in [-0.2, -0.15) is 0 Å². The highest BCUT2D eigenvalue weighted by Crippen LogP contribution is 2.25. The van der Waals surface area contributed by atoms with Gasteiger partial charge in [-0.3, -0.25) is 9.59 Å². The first-order valence-electron chi connectivity index (χ1n) is 4.20. The minimum atomic E-state index is 0.0470. The lowest BCUT2D eigenvalue weighted by molar-refractivity contribution is 0.101. The van der Waals surface area contributed by atoms with Gasteiger partial charge in [0.15, 0.2) is 12.1 Å². The zero-order valence-corrected chi connectivity index (χ0v) is 8.43. The molecule has 70 valence electrons. The summed E-state index contributed by atoms with van der Waals surface area (Å²) < 4.78 is 1.04. The van der Waals surface area contributed by atoms with Crippen LogP contribution in [0.3, 0.4) is 0 Å². The average Bonchev–Trinajstić information content (AvgIpc) is 2.58. The van der Waals surface area contributed by atoms with Crippen molar-refractivity contribution in [1.29, 1.82) is 0 Å². The maximum atomic E-state index is 11.1. The van der Waals surface area contributed by atoms with E-state index in [0.29, 0.717) is 10.4 Å². The summed E-state index contributed by atoms with van der Waals surface area (Å²) >= 11 is 1.44. The molecule has 2 aromatic rings. The summed E-state index contributed by atoms with van der Waals surface area (Å²) in [7, 11) is 0. The van der Waals surface area contributed by atoms with Crippen molar-refractivity contribution in [2.24, 2.45) is 0 Å². The fourth-order valence-corrected chi connectivity index (χ4v) is 2.20. The topological polar surface area (TPSA) is 34.1 Å². The summed E-state index contributed by atoms with van der Waals surface area (Å²) in [5.74, 6) is 0.0470. The first-order chi connectivity index (χ1) is 6.70. The molecule has 0 bridgehead atoms. The molecule has 1 aromatic heterocycles. The third-order valence-corrected chi connectivity index (χ3v) is 3.10. The van der Waals surface area contributed by atoms with Gasteiger partial charge in [0.25, 0.3) is 0 Å². The first kappa shape index (κ1) is 9.09. The van der Waals surface area contributed by atoms with Crippen molar-refractivity contribution in [2.75, 3.05) is 0 Å². The minimum Gasteiger partial charge on any atom is -0.297 e. The van der Waals surface area contributed by atoms with Crippen molar-refractivity contribution in [2.45, 2.75) is 6.92 Å². The second-order valence-corrected chi connectivity index (χ2v) is 4.19. The summed E-state index contributed by atoms with van der Waals surface area (Å²) in [6.45, 7) is 1.54. The molecule has 0 unspecified atom stereocenters. The van der Waals surface area contributed by atoms with Crippen LogP contribution in [0.25, 0.3) is 10.1 Å². The van der Waals surface area contributed by atoms with Crippen molar-refractivity contribution in [3.8, 4) is 0 Å². The first-order valence-corrected chi connectivity index (χ1v) is 5.02. The van der Waals surface area contributed by atoms with Crippen LogP contribution < -0.4 is 0 Å². The summed E-state index contributed by atoms with van der Waals surface area (Å²) in [5, 5.41) is 0.963. The normalized spacial score (nSPS) is 10.4. The fourth-order valence-electron chi connectivity index (χ4n) is 1.34. The van der Waals surface area contributed by atoms with Gasteiger partial charge in [-0.05, 0) is 36.6 Å². The van der Waals surface area contributed by atoms with E-state index in [9.17, 15) is 9.59 Å². The van der Waals surface area contributed by atoms with Gasteiger partial charge >= 0.3 is 0 Å². The van der Waals surface area contributed by atoms with Crippen molar-refractivity contribution >= 4 is 33.5 Å². The van der Waals surface area contributed by atoms with Gasteiger partial charge in [0.2, 0.25) is 0 Å². The van der Waals surface area contributed by atoms with E-state index in [1.807, 2.05) is 12.1 Å². The van der Waals surface area contributed by atoms with E-state index in [-0.39, 0.29) is 5.78 Å². The Bertz CT molecular complexity index is 511. The highest BCUT2D eigenvalue weighted by molar-refractivity contribution is 7.20. The van der Waals surface area contributed by atoms with Gasteiger partial charge in [-0.25, -0.2) is 0 Å². The number of rotatable bonds is 2. The van der Waals surface area contributed by atoms with Crippen LogP contribution >= 0.6 is 11.3 Å². The van der Waals surface area contributed by atoms with Crippen molar-refractivity contribution in [3.05, 3.63) is 34.7 Å². The second-order valence-electron chi connectivity index (χ2n) is 3.08. The molecule has 0 aliphatic heterocycles. The lowest BCUT2D eigenvalue weighted by Crippen LogP contribution is -1.89. The molecule has 0 spiro atoms. The Morgan fingerprint density at radius 2 is 2.14 bits per heavy atom. The highest BCUT2D eigenvalue weighted by atomic mass is 32.1. The van der Waals surface area contributed by atoms with Crippen LogP contribution in [0.15, 0.2) is 24.3 Å². The number of ketones is 1. The van der Waals surface area contributed by atoms with E-state index < -0.39 is 0 Å². The molecule has 1 heterocycles. The Kier molecular flexibility index (Phi) is 2.17. The van der Waals surface area contributed by atoms with Crippen LogP contribution in [-0.4, -0.2) is 12.1 Å². The zero-order valence-electron chi connectivity index (χ0n) is 7.61. The summed E-state index contributed by atoms with van der Waals surface area (Å²) in [5.41, 5.74) is 0.688. The third kappa shape index (κ3) is 1.46. The average molecular weight is 204 g/mol. The molecule has 0 aliphatic carbocycles. The number of hydrogen-bond donors (Lipinski definition) is 0. The molecule has 1 aromatic carbocycles. The number of aldehydes is 1. The summed E-state index contributed by atoms with van der Waals surface area (Å²) in [6, 6.07) is 7.29. The van der Waals surface area contributed by atoms with Crippen LogP contribution in [-0.2, 0) is 0 Å². The third-order valence-electron chi connectivity index (χ3n) is 2.06. The maximum Gasteiger partial charge on any atom is 0.160 e. The number of hydrogen-bond acceptors (Lipinski definition) is 3. The van der Waals surface area contributed by atoms with Crippen molar-refractivity contribution in [1.82, 2.24) is 0 Å². The molecule has 0 saturated heterocycles. The SMILES string of the molecule is CC(=O)c1ccc2sc(C=O)cc2c1. The van der Waals surface area contributed by atoms with Gasteiger partial charge in [0, 0.05) is 10.3 Å². The van der Waals surface area contributed by atoms with Gasteiger partial charge in [-0.1, -0.05) is 0 Å². The van der Waals surface area contributed by atoms with Crippen LogP contribution in [0, 0.1) is 0 Å². The van der Waals surface area contributed by atoms with Crippen molar-refractivity contribution in [3.63, 3.8) is 0 Å². The van der Waals surface area contributed by atoms with E-state index in [0.717, 1.165) is 16.4 Å². The molecule has 2 rings (SSSR count). The quantitative estimate of drug-likeness (QED) is 0.556. The van der Waals surface area contributed by atoms with Crippen LogP contribution in [0.5, 0.6) is 0 Å². The van der Waals surface area contributed by atoms with Gasteiger partial charge in [0.05, 0.1) is 4.88 Å². The Labute approximate surface area is 85.2 Å². The van der Waals surface area contributed by atoms with E-state index in [4.69, 9.17) is 0 Å². The van der Waals surface area contributed by atoms with Crippen LogP contribution in [0.4, 0.5) is 0 Å². The number of benzene rings is 1. The monoisotopic (exact) mass is 204 g/mol. The Balaban J connectivity index is 2.65. The molecule has 0 atom stereocenters. The molecule has 0 saturated carbocycles. The van der Waals surface area contributed by atoms with Crippen molar-refractivity contribution < 1.29 is 9.59 Å². The number of Topliss-reactive ketones (excluding diaryl/α,β-unsaturated/α-hetero) is 1. The predicted molar refractivity (Wildman–Crippen MR) is 57.2 cm³/mol. The summed E-state index contributed by atoms with van der Waals surface area (Å²) in [4.78, 5) is 22.3. The molecular formula is C11H8O2S. The molecule has 2 nitrogen and oxygen atoms in total. The number of thiophene rings is 1. The van der Waals surface area contributed by atoms with E-state index in [1.54, 1.807) is 12.1 Å². The lowest BCUT2D eigenvalue weighted by Gasteiger charge is -1.94. The highest BCUT2D eigenvalue weighted by Gasteiger charge is 2.04. The van der Waals surface area contributed by atoms with E-state index >= 15 is 0 Å². The smallest absolute Gasteiger partial charge is 0.160 e. The lowest BCUT2D eigenvalue weighted by atomic mass is 10.1. The van der Waals surface area contributed by atoms with Gasteiger partial charge in [-0.15, -0.1) is 11.3 Å². The number of fused-ring (bicyclic) bond motifs is 1. The van der Waals surface area contributed by atoms with Crippen LogP contribution in [0.1, 0.15) is 27.0 Å². The Hall–Kier alpha value is -1.48. The molecule has 0 aliphatic rings. The molecule has 0 radical (unpaired) electrons. The number of carbonyl (C=O) groups is 2. The molecule has 0 fully saturated rings.